The number of aromatic hydroxyl groups is 2. The van der Waals surface area contributed by atoms with Gasteiger partial charge in [0.25, 0.3) is 6.33 Å². The summed E-state index contributed by atoms with van der Waals surface area (Å²) in [5, 5.41) is 20.7. The van der Waals surface area contributed by atoms with Crippen LogP contribution in [0.1, 0.15) is 52.7 Å². The predicted octanol–water partition coefficient (Wildman–Crippen LogP) is 4.76. The summed E-state index contributed by atoms with van der Waals surface area (Å²) in [5.41, 5.74) is 3.71. The van der Waals surface area contributed by atoms with Crippen LogP contribution in [0.25, 0.3) is 11.4 Å². The van der Waals surface area contributed by atoms with Crippen molar-refractivity contribution in [2.45, 2.75) is 52.4 Å². The number of rotatable bonds is 2. The summed E-state index contributed by atoms with van der Waals surface area (Å²) >= 11 is 0. The van der Waals surface area contributed by atoms with Crippen LogP contribution in [0.3, 0.4) is 0 Å². The molecular weight excluding hydrogens is 336 g/mol. The molecule has 0 saturated carbocycles. The van der Waals surface area contributed by atoms with Gasteiger partial charge in [-0.15, -0.1) is 0 Å². The maximum absolute atomic E-state index is 10.4. The van der Waals surface area contributed by atoms with Crippen molar-refractivity contribution in [3.63, 3.8) is 0 Å². The number of hydrogen-bond donors (Lipinski definition) is 2. The summed E-state index contributed by atoms with van der Waals surface area (Å²) < 4.78 is 3.74. The molecule has 1 aromatic heterocycles. The molecule has 0 radical (unpaired) electrons. The standard InChI is InChI=1S/C23H28N2O2/c1-22(2,3)16-7-9-20(26)18(13-16)24-11-12-25(15-24)19-14-17(23(4,5)6)8-10-21(19)27/h7-15H,1-6H3,(H-,26,27)/p+1. The molecule has 0 amide bonds. The quantitative estimate of drug-likeness (QED) is 0.643. The third-order valence-electron chi connectivity index (χ3n) is 4.88. The summed E-state index contributed by atoms with van der Waals surface area (Å²) in [4.78, 5) is 0. The van der Waals surface area contributed by atoms with Gasteiger partial charge in [0.1, 0.15) is 12.4 Å². The third kappa shape index (κ3) is 3.85. The third-order valence-corrected chi connectivity index (χ3v) is 4.88. The average molecular weight is 365 g/mol. The van der Waals surface area contributed by atoms with Gasteiger partial charge in [-0.05, 0) is 46.2 Å². The molecule has 27 heavy (non-hydrogen) atoms. The van der Waals surface area contributed by atoms with Crippen molar-refractivity contribution in [2.75, 3.05) is 0 Å². The van der Waals surface area contributed by atoms with E-state index in [0.717, 1.165) is 11.1 Å². The van der Waals surface area contributed by atoms with Crippen molar-refractivity contribution in [1.82, 2.24) is 4.57 Å². The number of imidazole rings is 1. The van der Waals surface area contributed by atoms with E-state index in [4.69, 9.17) is 0 Å². The van der Waals surface area contributed by atoms with Gasteiger partial charge in [-0.25, -0.2) is 0 Å². The Balaban J connectivity index is 2.07. The number of aromatic nitrogens is 2. The second-order valence-electron chi connectivity index (χ2n) is 9.14. The largest absolute Gasteiger partial charge is 0.504 e. The Bertz CT molecular complexity index is 895. The average Bonchev–Trinajstić information content (AvgIpc) is 3.03. The summed E-state index contributed by atoms with van der Waals surface area (Å²) in [6, 6.07) is 11.4. The van der Waals surface area contributed by atoms with Crippen molar-refractivity contribution >= 4 is 0 Å². The molecule has 2 aromatic carbocycles. The van der Waals surface area contributed by atoms with Gasteiger partial charge < -0.3 is 10.2 Å². The van der Waals surface area contributed by atoms with Crippen LogP contribution in [0.15, 0.2) is 55.1 Å². The first-order valence-electron chi connectivity index (χ1n) is 9.24. The summed E-state index contributed by atoms with van der Waals surface area (Å²) in [5.74, 6) is 0.442. The lowest BCUT2D eigenvalue weighted by atomic mass is 9.87. The Hall–Kier alpha value is -2.75. The zero-order valence-electron chi connectivity index (χ0n) is 17.0. The molecule has 0 spiro atoms. The summed E-state index contributed by atoms with van der Waals surface area (Å²) in [6.45, 7) is 12.9. The van der Waals surface area contributed by atoms with Crippen LogP contribution in [-0.2, 0) is 10.8 Å². The zero-order chi connectivity index (χ0) is 20.0. The Morgan fingerprint density at radius 3 is 1.93 bits per heavy atom. The van der Waals surface area contributed by atoms with E-state index in [-0.39, 0.29) is 22.3 Å². The van der Waals surface area contributed by atoms with Crippen LogP contribution in [0.5, 0.6) is 11.5 Å². The molecule has 4 heteroatoms. The van der Waals surface area contributed by atoms with Crippen molar-refractivity contribution in [3.05, 3.63) is 66.2 Å². The molecule has 0 unspecified atom stereocenters. The molecule has 142 valence electrons. The normalized spacial score (nSPS) is 12.4. The number of benzene rings is 2. The highest BCUT2D eigenvalue weighted by molar-refractivity contribution is 5.50. The SMILES string of the molecule is CC(C)(C)c1ccc(O)c(-n2cc[n+](-c3cc(C(C)(C)C)ccc3O)c2)c1. The minimum atomic E-state index is -0.00904. The molecule has 0 saturated heterocycles. The van der Waals surface area contributed by atoms with Crippen molar-refractivity contribution in [2.24, 2.45) is 0 Å². The maximum atomic E-state index is 10.4. The zero-order valence-corrected chi connectivity index (χ0v) is 17.0. The Labute approximate surface area is 161 Å². The first-order valence-corrected chi connectivity index (χ1v) is 9.24. The van der Waals surface area contributed by atoms with Gasteiger partial charge >= 0.3 is 0 Å². The highest BCUT2D eigenvalue weighted by Crippen LogP contribution is 2.30. The Morgan fingerprint density at radius 2 is 1.33 bits per heavy atom. The second kappa shape index (κ2) is 6.45. The monoisotopic (exact) mass is 365 g/mol. The maximum Gasteiger partial charge on any atom is 0.254 e. The smallest absolute Gasteiger partial charge is 0.254 e. The fourth-order valence-corrected chi connectivity index (χ4v) is 3.03. The summed E-state index contributed by atoms with van der Waals surface area (Å²) in [6.07, 6.45) is 5.62. The fourth-order valence-electron chi connectivity index (χ4n) is 3.03. The van der Waals surface area contributed by atoms with E-state index in [1.54, 1.807) is 12.1 Å². The molecular formula is C23H29N2O2+. The van der Waals surface area contributed by atoms with Gasteiger partial charge in [0.15, 0.2) is 22.9 Å². The second-order valence-corrected chi connectivity index (χ2v) is 9.14. The van der Waals surface area contributed by atoms with E-state index in [2.05, 4.69) is 41.5 Å². The Kier molecular flexibility index (Phi) is 4.54. The van der Waals surface area contributed by atoms with Gasteiger partial charge in [0, 0.05) is 0 Å². The topological polar surface area (TPSA) is 49.3 Å². The fraction of sp³-hybridized carbons (Fsp3) is 0.348. The van der Waals surface area contributed by atoms with E-state index < -0.39 is 0 Å². The van der Waals surface area contributed by atoms with Crippen LogP contribution in [-0.4, -0.2) is 14.8 Å². The van der Waals surface area contributed by atoms with Gasteiger partial charge in [-0.2, -0.15) is 9.13 Å². The van der Waals surface area contributed by atoms with E-state index in [0.29, 0.717) is 11.4 Å². The van der Waals surface area contributed by atoms with Crippen molar-refractivity contribution in [3.8, 4) is 22.9 Å². The molecule has 1 heterocycles. The summed E-state index contributed by atoms with van der Waals surface area (Å²) in [7, 11) is 0. The van der Waals surface area contributed by atoms with E-state index in [9.17, 15) is 10.2 Å². The molecule has 3 rings (SSSR count). The lowest BCUT2D eigenvalue weighted by Crippen LogP contribution is -2.28. The molecule has 0 fully saturated rings. The van der Waals surface area contributed by atoms with E-state index in [1.807, 2.05) is 52.1 Å². The molecule has 0 aliphatic carbocycles. The molecule has 0 aliphatic heterocycles. The molecule has 3 aromatic rings. The van der Waals surface area contributed by atoms with E-state index in [1.165, 1.54) is 0 Å². The minimum Gasteiger partial charge on any atom is -0.504 e. The first kappa shape index (κ1) is 19.0. The van der Waals surface area contributed by atoms with Crippen LogP contribution < -0.4 is 4.57 Å². The lowest BCUT2D eigenvalue weighted by molar-refractivity contribution is -0.595. The molecule has 0 atom stereocenters. The molecule has 2 N–H and O–H groups in total. The van der Waals surface area contributed by atoms with Crippen LogP contribution >= 0.6 is 0 Å². The highest BCUT2D eigenvalue weighted by Gasteiger charge is 2.21. The van der Waals surface area contributed by atoms with Gasteiger partial charge in [-0.1, -0.05) is 53.7 Å². The number of nitrogens with zero attached hydrogens (tertiary/aromatic N) is 2. The molecule has 0 aliphatic rings. The van der Waals surface area contributed by atoms with Gasteiger partial charge in [0.05, 0.1) is 0 Å². The first-order chi connectivity index (χ1) is 12.5. The minimum absolute atomic E-state index is 0.00904. The number of phenolic OH excluding ortho intramolecular Hbond substituents is 2. The van der Waals surface area contributed by atoms with Crippen LogP contribution in [0, 0.1) is 0 Å². The molecule has 0 bridgehead atoms. The van der Waals surface area contributed by atoms with Crippen molar-refractivity contribution < 1.29 is 14.8 Å². The van der Waals surface area contributed by atoms with Crippen LogP contribution in [0.2, 0.25) is 0 Å². The van der Waals surface area contributed by atoms with Crippen molar-refractivity contribution in [1.29, 1.82) is 0 Å². The number of phenols is 2. The van der Waals surface area contributed by atoms with Crippen LogP contribution in [0.4, 0.5) is 0 Å². The van der Waals surface area contributed by atoms with Gasteiger partial charge in [0.2, 0.25) is 0 Å². The molecule has 4 nitrogen and oxygen atoms in total. The highest BCUT2D eigenvalue weighted by atomic mass is 16.3. The lowest BCUT2D eigenvalue weighted by Gasteiger charge is -2.19. The van der Waals surface area contributed by atoms with E-state index >= 15 is 0 Å². The predicted molar refractivity (Wildman–Crippen MR) is 108 cm³/mol. The Morgan fingerprint density at radius 1 is 0.778 bits per heavy atom. The number of hydrogen-bond acceptors (Lipinski definition) is 2. The van der Waals surface area contributed by atoms with Gasteiger partial charge in [-0.3, -0.25) is 0 Å².